The van der Waals surface area contributed by atoms with E-state index in [9.17, 15) is 19.5 Å². The minimum Gasteiger partial charge on any atom is -0.480 e. The maximum atomic E-state index is 12.4. The number of likely N-dealkylation sites (tertiary alicyclic amines) is 1. The average Bonchev–Trinajstić information content (AvgIpc) is 3.14. The van der Waals surface area contributed by atoms with Gasteiger partial charge >= 0.3 is 16.5 Å². The molecule has 1 aliphatic heterocycles. The third-order valence-corrected chi connectivity index (χ3v) is 5.21. The molecule has 7 nitrogen and oxygen atoms in total. The van der Waals surface area contributed by atoms with Crippen LogP contribution in [0.4, 0.5) is 0 Å². The first kappa shape index (κ1) is 16.7. The number of benzene rings is 1. The molecule has 1 saturated heterocycles. The smallest absolute Gasteiger partial charge is 0.341 e. The lowest BCUT2D eigenvalue weighted by Crippen LogP contribution is -2.39. The van der Waals surface area contributed by atoms with E-state index in [1.54, 1.807) is 0 Å². The summed E-state index contributed by atoms with van der Waals surface area (Å²) in [6, 6.07) is 8.87. The van der Waals surface area contributed by atoms with Crippen molar-refractivity contribution in [3.63, 3.8) is 0 Å². The Kier molecular flexibility index (Phi) is 4.96. The summed E-state index contributed by atoms with van der Waals surface area (Å²) in [7, 11) is 0. The molecule has 0 amide bonds. The zero-order valence-corrected chi connectivity index (χ0v) is 13.9. The highest BCUT2D eigenvalue weighted by atomic mass is 32.1. The van der Waals surface area contributed by atoms with Gasteiger partial charge in [0, 0.05) is 18.1 Å². The number of hydrogen-bond acceptors (Lipinski definition) is 5. The van der Waals surface area contributed by atoms with E-state index in [1.165, 1.54) is 8.52 Å². The zero-order valence-electron chi connectivity index (χ0n) is 13.1. The second kappa shape index (κ2) is 7.14. The highest BCUT2D eigenvalue weighted by molar-refractivity contribution is 7.03. The molecule has 24 heavy (non-hydrogen) atoms. The maximum absolute atomic E-state index is 12.4. The molecule has 1 N–H and O–H groups in total. The van der Waals surface area contributed by atoms with Crippen molar-refractivity contribution in [2.75, 3.05) is 13.1 Å². The van der Waals surface area contributed by atoms with Crippen LogP contribution in [-0.2, 0) is 17.9 Å². The Bertz CT molecular complexity index is 824. The lowest BCUT2D eigenvalue weighted by molar-refractivity contribution is -0.142. The van der Waals surface area contributed by atoms with Crippen molar-refractivity contribution in [2.24, 2.45) is 0 Å². The summed E-state index contributed by atoms with van der Waals surface area (Å²) in [5.74, 6) is -0.824. The van der Waals surface area contributed by atoms with Crippen molar-refractivity contribution >= 4 is 17.5 Å². The highest BCUT2D eigenvalue weighted by Crippen LogP contribution is 2.16. The number of aliphatic carboxylic acids is 1. The van der Waals surface area contributed by atoms with Gasteiger partial charge in [-0.15, -0.1) is 0 Å². The fourth-order valence-corrected chi connectivity index (χ4v) is 3.81. The molecule has 0 radical (unpaired) electrons. The number of carboxylic acids is 1. The number of nitrogens with zero attached hydrogens (tertiary/aromatic N) is 3. The summed E-state index contributed by atoms with van der Waals surface area (Å²) in [6.07, 6.45) is 1.48. The first-order valence-electron chi connectivity index (χ1n) is 7.88. The summed E-state index contributed by atoms with van der Waals surface area (Å²) in [5, 5.41) is 9.19. The lowest BCUT2D eigenvalue weighted by atomic mass is 10.2. The summed E-state index contributed by atoms with van der Waals surface area (Å²) in [6.45, 7) is 1.77. The van der Waals surface area contributed by atoms with E-state index in [-0.39, 0.29) is 17.1 Å². The molecule has 3 rings (SSSR count). The van der Waals surface area contributed by atoms with Crippen molar-refractivity contribution in [2.45, 2.75) is 32.0 Å². The van der Waals surface area contributed by atoms with Crippen LogP contribution >= 0.6 is 11.5 Å². The molecule has 128 valence electrons. The van der Waals surface area contributed by atoms with E-state index < -0.39 is 12.0 Å². The van der Waals surface area contributed by atoms with E-state index in [0.717, 1.165) is 23.5 Å². The van der Waals surface area contributed by atoms with Crippen molar-refractivity contribution in [1.29, 1.82) is 0 Å². The molecule has 1 aromatic heterocycles. The summed E-state index contributed by atoms with van der Waals surface area (Å²) in [5.41, 5.74) is 0.562. The van der Waals surface area contributed by atoms with Crippen molar-refractivity contribution in [1.82, 2.24) is 13.4 Å². The molecule has 2 aromatic rings. The quantitative estimate of drug-likeness (QED) is 0.829. The standard InChI is InChI=1S/C16H19N3O4S/c20-14(21)13-7-4-8-17(13)9-10-19-15(22)18(16(23)24-19)11-12-5-2-1-3-6-12/h1-3,5-6,13H,4,7-11H2,(H,20,21)/t13-/m0/s1. The Morgan fingerprint density at radius 1 is 1.21 bits per heavy atom. The number of rotatable bonds is 6. The SMILES string of the molecule is O=C(O)[C@@H]1CCCN1CCn1sc(=O)n(Cc2ccccc2)c1=O. The normalized spacial score (nSPS) is 18.1. The van der Waals surface area contributed by atoms with Gasteiger partial charge in [-0.05, 0) is 24.9 Å². The van der Waals surface area contributed by atoms with Gasteiger partial charge in [-0.3, -0.25) is 14.5 Å². The first-order valence-corrected chi connectivity index (χ1v) is 8.65. The Hall–Kier alpha value is -2.19. The van der Waals surface area contributed by atoms with Crippen LogP contribution in [0.2, 0.25) is 0 Å². The van der Waals surface area contributed by atoms with Crippen LogP contribution < -0.4 is 10.6 Å². The minimum absolute atomic E-state index is 0.253. The fourth-order valence-electron chi connectivity index (χ4n) is 3.03. The van der Waals surface area contributed by atoms with Gasteiger partial charge in [-0.25, -0.2) is 13.3 Å². The van der Waals surface area contributed by atoms with Crippen LogP contribution in [0.15, 0.2) is 39.9 Å². The number of carbonyl (C=O) groups is 1. The molecule has 0 saturated carbocycles. The molecule has 0 spiro atoms. The largest absolute Gasteiger partial charge is 0.480 e. The molecule has 2 heterocycles. The van der Waals surface area contributed by atoms with E-state index in [0.29, 0.717) is 26.1 Å². The van der Waals surface area contributed by atoms with Gasteiger partial charge in [0.25, 0.3) is 0 Å². The summed E-state index contributed by atoms with van der Waals surface area (Å²) in [4.78, 5) is 37.3. The molecule has 0 aliphatic carbocycles. The molecular formula is C16H19N3O4S. The van der Waals surface area contributed by atoms with Gasteiger partial charge in [0.2, 0.25) is 0 Å². The Morgan fingerprint density at radius 3 is 2.67 bits per heavy atom. The van der Waals surface area contributed by atoms with Gasteiger partial charge in [0.05, 0.1) is 13.1 Å². The number of carboxylic acid groups (broad SMARTS) is 1. The Balaban J connectivity index is 1.71. The van der Waals surface area contributed by atoms with Crippen LogP contribution in [0.1, 0.15) is 18.4 Å². The Morgan fingerprint density at radius 2 is 1.96 bits per heavy atom. The van der Waals surface area contributed by atoms with Crippen molar-refractivity contribution in [3.8, 4) is 0 Å². The highest BCUT2D eigenvalue weighted by Gasteiger charge is 2.30. The van der Waals surface area contributed by atoms with Crippen molar-refractivity contribution in [3.05, 3.63) is 56.0 Å². The molecule has 8 heteroatoms. The molecule has 0 bridgehead atoms. The molecular weight excluding hydrogens is 330 g/mol. The molecule has 0 unspecified atom stereocenters. The third kappa shape index (κ3) is 3.49. The molecule has 1 atom stereocenters. The molecule has 1 aliphatic rings. The van der Waals surface area contributed by atoms with E-state index in [1.807, 2.05) is 35.2 Å². The van der Waals surface area contributed by atoms with Crippen LogP contribution in [0.25, 0.3) is 0 Å². The van der Waals surface area contributed by atoms with E-state index in [4.69, 9.17) is 0 Å². The number of aromatic nitrogens is 2. The second-order valence-corrected chi connectivity index (χ2v) is 6.82. The predicted molar refractivity (Wildman–Crippen MR) is 90.6 cm³/mol. The van der Waals surface area contributed by atoms with Gasteiger partial charge in [0.15, 0.2) is 0 Å². The predicted octanol–water partition coefficient (Wildman–Crippen LogP) is 0.669. The van der Waals surface area contributed by atoms with Crippen LogP contribution in [0.5, 0.6) is 0 Å². The van der Waals surface area contributed by atoms with Gasteiger partial charge in [-0.2, -0.15) is 0 Å². The second-order valence-electron chi connectivity index (χ2n) is 5.85. The van der Waals surface area contributed by atoms with Crippen LogP contribution in [0.3, 0.4) is 0 Å². The number of hydrogen-bond donors (Lipinski definition) is 1. The zero-order chi connectivity index (χ0) is 17.1. The van der Waals surface area contributed by atoms with Gasteiger partial charge in [0.1, 0.15) is 6.04 Å². The van der Waals surface area contributed by atoms with Gasteiger partial charge < -0.3 is 5.11 Å². The van der Waals surface area contributed by atoms with Gasteiger partial charge in [-0.1, -0.05) is 30.3 Å². The monoisotopic (exact) mass is 349 g/mol. The van der Waals surface area contributed by atoms with E-state index in [2.05, 4.69) is 0 Å². The Labute approximate surface area is 142 Å². The molecule has 1 fully saturated rings. The summed E-state index contributed by atoms with van der Waals surface area (Å²) >= 11 is 0.891. The summed E-state index contributed by atoms with van der Waals surface area (Å²) < 4.78 is 2.64. The van der Waals surface area contributed by atoms with Crippen LogP contribution in [-0.4, -0.2) is 43.6 Å². The third-order valence-electron chi connectivity index (χ3n) is 4.28. The van der Waals surface area contributed by atoms with Crippen LogP contribution in [0, 0.1) is 0 Å². The van der Waals surface area contributed by atoms with E-state index >= 15 is 0 Å². The van der Waals surface area contributed by atoms with Crippen molar-refractivity contribution < 1.29 is 9.90 Å². The molecule has 1 aromatic carbocycles. The maximum Gasteiger partial charge on any atom is 0.341 e. The topological polar surface area (TPSA) is 84.5 Å². The lowest BCUT2D eigenvalue weighted by Gasteiger charge is -2.20. The minimum atomic E-state index is -0.824. The average molecular weight is 349 g/mol. The first-order chi connectivity index (χ1) is 11.6. The fraction of sp³-hybridized carbons (Fsp3) is 0.438.